The number of aryl methyl sites for hydroxylation is 2. The molecule has 1 fully saturated rings. The molecule has 1 aromatic heterocycles. The first-order valence-corrected chi connectivity index (χ1v) is 7.40. The Bertz CT molecular complexity index is 351. The van der Waals surface area contributed by atoms with Gasteiger partial charge >= 0.3 is 0 Å². The van der Waals surface area contributed by atoms with Crippen molar-refractivity contribution in [2.24, 2.45) is 5.41 Å². The van der Waals surface area contributed by atoms with Crippen molar-refractivity contribution in [3.63, 3.8) is 0 Å². The second-order valence-corrected chi connectivity index (χ2v) is 5.67. The Morgan fingerprint density at radius 3 is 2.69 bits per heavy atom. The average molecular weight is 285 g/mol. The molecule has 0 spiro atoms. The van der Waals surface area contributed by atoms with Crippen LogP contribution in [0.25, 0.3) is 0 Å². The lowest BCUT2D eigenvalue weighted by molar-refractivity contribution is 0.335. The Morgan fingerprint density at radius 1 is 1.44 bits per heavy atom. The summed E-state index contributed by atoms with van der Waals surface area (Å²) in [4.78, 5) is 0. The van der Waals surface area contributed by atoms with Gasteiger partial charge in [-0.05, 0) is 44.6 Å². The maximum Gasteiger partial charge on any atom is 0.0596 e. The zero-order valence-electron chi connectivity index (χ0n) is 10.3. The van der Waals surface area contributed by atoms with E-state index in [0.29, 0.717) is 5.41 Å². The molecule has 0 bridgehead atoms. The van der Waals surface area contributed by atoms with Crippen molar-refractivity contribution < 1.29 is 0 Å². The number of hydrogen-bond donors (Lipinski definition) is 0. The topological polar surface area (TPSA) is 17.8 Å². The SMILES string of the molecule is CCn1nc(C)cc1CC1(CBr)CCCC1. The number of nitrogens with zero attached hydrogens (tertiary/aromatic N) is 2. The normalized spacial score (nSPS) is 19.2. The van der Waals surface area contributed by atoms with Gasteiger partial charge < -0.3 is 0 Å². The number of rotatable bonds is 4. The van der Waals surface area contributed by atoms with Gasteiger partial charge in [-0.1, -0.05) is 28.8 Å². The van der Waals surface area contributed by atoms with Crippen LogP contribution in [0, 0.1) is 12.3 Å². The molecule has 1 aliphatic carbocycles. The summed E-state index contributed by atoms with van der Waals surface area (Å²) in [5.74, 6) is 0. The molecule has 0 aliphatic heterocycles. The summed E-state index contributed by atoms with van der Waals surface area (Å²) in [6, 6.07) is 2.26. The van der Waals surface area contributed by atoms with Crippen molar-refractivity contribution in [2.75, 3.05) is 5.33 Å². The summed E-state index contributed by atoms with van der Waals surface area (Å²) in [5.41, 5.74) is 3.07. The van der Waals surface area contributed by atoms with Crippen LogP contribution in [-0.4, -0.2) is 15.1 Å². The molecule has 1 aliphatic rings. The van der Waals surface area contributed by atoms with Crippen LogP contribution < -0.4 is 0 Å². The highest BCUT2D eigenvalue weighted by atomic mass is 79.9. The van der Waals surface area contributed by atoms with Crippen LogP contribution in [0.15, 0.2) is 6.07 Å². The third-order valence-corrected chi connectivity index (χ3v) is 4.98. The van der Waals surface area contributed by atoms with E-state index in [1.54, 1.807) is 0 Å². The minimum atomic E-state index is 0.499. The van der Waals surface area contributed by atoms with Crippen molar-refractivity contribution in [3.8, 4) is 0 Å². The van der Waals surface area contributed by atoms with Gasteiger partial charge in [-0.3, -0.25) is 4.68 Å². The predicted octanol–water partition coefficient (Wildman–Crippen LogP) is 3.71. The molecule has 0 aromatic carbocycles. The highest BCUT2D eigenvalue weighted by molar-refractivity contribution is 9.09. The Morgan fingerprint density at radius 2 is 2.12 bits per heavy atom. The fourth-order valence-electron chi connectivity index (χ4n) is 2.88. The highest BCUT2D eigenvalue weighted by Gasteiger charge is 2.33. The molecule has 0 saturated heterocycles. The third-order valence-electron chi connectivity index (χ3n) is 3.79. The van der Waals surface area contributed by atoms with Gasteiger partial charge in [-0.2, -0.15) is 5.10 Å². The van der Waals surface area contributed by atoms with Gasteiger partial charge in [0, 0.05) is 17.6 Å². The smallest absolute Gasteiger partial charge is 0.0596 e. The van der Waals surface area contributed by atoms with Crippen molar-refractivity contribution in [1.82, 2.24) is 9.78 Å². The van der Waals surface area contributed by atoms with E-state index in [2.05, 4.69) is 45.6 Å². The van der Waals surface area contributed by atoms with Crippen LogP contribution in [0.2, 0.25) is 0 Å². The Labute approximate surface area is 107 Å². The molecular weight excluding hydrogens is 264 g/mol. The zero-order valence-corrected chi connectivity index (χ0v) is 11.9. The lowest BCUT2D eigenvalue weighted by Crippen LogP contribution is -2.23. The monoisotopic (exact) mass is 284 g/mol. The number of aromatic nitrogens is 2. The maximum absolute atomic E-state index is 4.54. The van der Waals surface area contributed by atoms with Gasteiger partial charge in [-0.15, -0.1) is 0 Å². The predicted molar refractivity (Wildman–Crippen MR) is 71.0 cm³/mol. The standard InChI is InChI=1S/C13H21BrN2/c1-3-16-12(8-11(2)15-16)9-13(10-14)6-4-5-7-13/h8H,3-7,9-10H2,1-2H3. The summed E-state index contributed by atoms with van der Waals surface area (Å²) in [7, 11) is 0. The lowest BCUT2D eigenvalue weighted by atomic mass is 9.84. The number of hydrogen-bond acceptors (Lipinski definition) is 1. The van der Waals surface area contributed by atoms with Crippen LogP contribution in [0.1, 0.15) is 44.0 Å². The van der Waals surface area contributed by atoms with Crippen molar-refractivity contribution in [3.05, 3.63) is 17.5 Å². The molecule has 1 aromatic rings. The summed E-state index contributed by atoms with van der Waals surface area (Å²) >= 11 is 3.71. The molecule has 90 valence electrons. The van der Waals surface area contributed by atoms with Crippen molar-refractivity contribution >= 4 is 15.9 Å². The first kappa shape index (κ1) is 12.2. The van der Waals surface area contributed by atoms with E-state index in [1.165, 1.54) is 37.8 Å². The van der Waals surface area contributed by atoms with Gasteiger partial charge in [0.1, 0.15) is 0 Å². The molecule has 3 heteroatoms. The van der Waals surface area contributed by atoms with E-state index in [0.717, 1.165) is 17.6 Å². The fourth-order valence-corrected chi connectivity index (χ4v) is 3.64. The quantitative estimate of drug-likeness (QED) is 0.771. The van der Waals surface area contributed by atoms with E-state index >= 15 is 0 Å². The molecular formula is C13H21BrN2. The first-order valence-electron chi connectivity index (χ1n) is 6.28. The maximum atomic E-state index is 4.54. The van der Waals surface area contributed by atoms with E-state index in [9.17, 15) is 0 Å². The summed E-state index contributed by atoms with van der Waals surface area (Å²) in [5, 5.41) is 5.67. The van der Waals surface area contributed by atoms with E-state index < -0.39 is 0 Å². The minimum Gasteiger partial charge on any atom is -0.270 e. The van der Waals surface area contributed by atoms with E-state index in [-0.39, 0.29) is 0 Å². The Kier molecular flexibility index (Phi) is 3.73. The molecule has 0 amide bonds. The molecule has 1 saturated carbocycles. The largest absolute Gasteiger partial charge is 0.270 e. The van der Waals surface area contributed by atoms with Gasteiger partial charge in [0.2, 0.25) is 0 Å². The van der Waals surface area contributed by atoms with Gasteiger partial charge in [0.05, 0.1) is 5.69 Å². The van der Waals surface area contributed by atoms with Crippen LogP contribution in [-0.2, 0) is 13.0 Å². The lowest BCUT2D eigenvalue weighted by Gasteiger charge is -2.26. The second kappa shape index (κ2) is 4.91. The van der Waals surface area contributed by atoms with E-state index in [4.69, 9.17) is 0 Å². The van der Waals surface area contributed by atoms with E-state index in [1.807, 2.05) is 0 Å². The summed E-state index contributed by atoms with van der Waals surface area (Å²) in [6.45, 7) is 5.25. The van der Waals surface area contributed by atoms with Crippen LogP contribution in [0.4, 0.5) is 0 Å². The second-order valence-electron chi connectivity index (χ2n) is 5.11. The van der Waals surface area contributed by atoms with Crippen molar-refractivity contribution in [2.45, 2.75) is 52.5 Å². The average Bonchev–Trinajstić information content (AvgIpc) is 2.86. The van der Waals surface area contributed by atoms with Gasteiger partial charge in [0.25, 0.3) is 0 Å². The summed E-state index contributed by atoms with van der Waals surface area (Å²) < 4.78 is 2.16. The zero-order chi connectivity index (χ0) is 11.6. The highest BCUT2D eigenvalue weighted by Crippen LogP contribution is 2.42. The molecule has 2 rings (SSSR count). The van der Waals surface area contributed by atoms with Crippen molar-refractivity contribution in [1.29, 1.82) is 0 Å². The Balaban J connectivity index is 2.18. The minimum absolute atomic E-state index is 0.499. The number of alkyl halides is 1. The van der Waals surface area contributed by atoms with Crippen LogP contribution >= 0.6 is 15.9 Å². The summed E-state index contributed by atoms with van der Waals surface area (Å²) in [6.07, 6.45) is 6.71. The fraction of sp³-hybridized carbons (Fsp3) is 0.769. The Hall–Kier alpha value is -0.310. The third kappa shape index (κ3) is 2.34. The van der Waals surface area contributed by atoms with Gasteiger partial charge in [0.15, 0.2) is 0 Å². The molecule has 1 heterocycles. The first-order chi connectivity index (χ1) is 7.69. The van der Waals surface area contributed by atoms with Crippen LogP contribution in [0.5, 0.6) is 0 Å². The molecule has 0 radical (unpaired) electrons. The molecule has 0 atom stereocenters. The molecule has 2 nitrogen and oxygen atoms in total. The van der Waals surface area contributed by atoms with Crippen LogP contribution in [0.3, 0.4) is 0 Å². The molecule has 0 unspecified atom stereocenters. The molecule has 0 N–H and O–H groups in total. The van der Waals surface area contributed by atoms with Gasteiger partial charge in [-0.25, -0.2) is 0 Å². The molecule has 16 heavy (non-hydrogen) atoms. The number of halogens is 1.